The van der Waals surface area contributed by atoms with Crippen molar-refractivity contribution in [1.29, 1.82) is 0 Å². The number of pyridine rings is 1. The maximum Gasteiger partial charge on any atom is 0.419 e. The third-order valence-electron chi connectivity index (χ3n) is 4.14. The first-order valence-electron chi connectivity index (χ1n) is 8.42. The number of hydrogen-bond acceptors (Lipinski definition) is 3. The predicted molar refractivity (Wildman–Crippen MR) is 99.7 cm³/mol. The molecule has 1 N–H and O–H groups in total. The lowest BCUT2D eigenvalue weighted by Crippen LogP contribution is -2.10. The van der Waals surface area contributed by atoms with Gasteiger partial charge < -0.3 is 10.1 Å². The second-order valence-corrected chi connectivity index (χ2v) is 6.07. The van der Waals surface area contributed by atoms with Gasteiger partial charge >= 0.3 is 6.18 Å². The van der Waals surface area contributed by atoms with Crippen LogP contribution in [0, 0.1) is 6.92 Å². The van der Waals surface area contributed by atoms with E-state index < -0.39 is 11.7 Å². The Bertz CT molecular complexity index is 939. The fraction of sp³-hybridized carbons (Fsp3) is 0.190. The Balaban J connectivity index is 1.93. The molecule has 0 saturated carbocycles. The Labute approximate surface area is 155 Å². The Morgan fingerprint density at radius 3 is 2.48 bits per heavy atom. The van der Waals surface area contributed by atoms with Crippen molar-refractivity contribution in [3.8, 4) is 17.0 Å². The largest absolute Gasteiger partial charge is 0.488 e. The number of nitrogens with one attached hydrogen (secondary N) is 1. The zero-order valence-electron chi connectivity index (χ0n) is 15.0. The van der Waals surface area contributed by atoms with E-state index in [1.165, 1.54) is 6.07 Å². The van der Waals surface area contributed by atoms with Gasteiger partial charge in [-0.05, 0) is 43.3 Å². The number of anilines is 1. The van der Waals surface area contributed by atoms with Crippen LogP contribution in [0.5, 0.6) is 5.75 Å². The summed E-state index contributed by atoms with van der Waals surface area (Å²) in [4.78, 5) is 4.30. The number of halogens is 3. The second-order valence-electron chi connectivity index (χ2n) is 6.07. The summed E-state index contributed by atoms with van der Waals surface area (Å²) >= 11 is 0. The number of hydrogen-bond donors (Lipinski definition) is 1. The molecule has 1 aromatic heterocycles. The van der Waals surface area contributed by atoms with Crippen molar-refractivity contribution in [1.82, 2.24) is 4.98 Å². The lowest BCUT2D eigenvalue weighted by molar-refractivity contribution is -0.139. The van der Waals surface area contributed by atoms with E-state index in [0.29, 0.717) is 11.3 Å². The molecule has 0 aliphatic heterocycles. The minimum Gasteiger partial charge on any atom is -0.488 e. The molecular formula is C21H19F3N2O. The average molecular weight is 372 g/mol. The summed E-state index contributed by atoms with van der Waals surface area (Å²) in [6, 6.07) is 16.6. The van der Waals surface area contributed by atoms with E-state index in [9.17, 15) is 13.2 Å². The maximum atomic E-state index is 13.6. The molecule has 0 saturated heterocycles. The Kier molecular flexibility index (Phi) is 5.35. The number of rotatable bonds is 5. The fourth-order valence-corrected chi connectivity index (χ4v) is 2.79. The zero-order chi connectivity index (χ0) is 19.4. The van der Waals surface area contributed by atoms with Gasteiger partial charge in [0.2, 0.25) is 0 Å². The average Bonchev–Trinajstić information content (AvgIpc) is 2.65. The number of alkyl halides is 3. The SMILES string of the molecule is CNc1ccccc1COc1ccc(-c2cccc(C)n2)cc1C(F)(F)F. The molecule has 0 atom stereocenters. The quantitative estimate of drug-likeness (QED) is 0.624. The number of ether oxygens (including phenoxy) is 1. The molecule has 0 spiro atoms. The molecule has 2 aromatic carbocycles. The number of benzene rings is 2. The first-order valence-corrected chi connectivity index (χ1v) is 8.42. The van der Waals surface area contributed by atoms with E-state index in [4.69, 9.17) is 4.74 Å². The number of para-hydroxylation sites is 1. The Morgan fingerprint density at radius 2 is 1.78 bits per heavy atom. The highest BCUT2D eigenvalue weighted by atomic mass is 19.4. The normalized spacial score (nSPS) is 11.3. The van der Waals surface area contributed by atoms with E-state index in [1.807, 2.05) is 24.3 Å². The van der Waals surface area contributed by atoms with Gasteiger partial charge in [0.25, 0.3) is 0 Å². The van der Waals surface area contributed by atoms with Crippen molar-refractivity contribution >= 4 is 5.69 Å². The van der Waals surface area contributed by atoms with Crippen LogP contribution in [0.15, 0.2) is 60.7 Å². The third kappa shape index (κ3) is 4.39. The second kappa shape index (κ2) is 7.70. The van der Waals surface area contributed by atoms with Crippen molar-refractivity contribution in [2.75, 3.05) is 12.4 Å². The smallest absolute Gasteiger partial charge is 0.419 e. The van der Waals surface area contributed by atoms with Crippen molar-refractivity contribution in [2.45, 2.75) is 19.7 Å². The molecule has 0 aliphatic rings. The molecule has 0 radical (unpaired) electrons. The van der Waals surface area contributed by atoms with Gasteiger partial charge in [0.15, 0.2) is 0 Å². The molecule has 0 unspecified atom stereocenters. The van der Waals surface area contributed by atoms with Crippen LogP contribution < -0.4 is 10.1 Å². The summed E-state index contributed by atoms with van der Waals surface area (Å²) in [6.45, 7) is 1.83. The lowest BCUT2D eigenvalue weighted by Gasteiger charge is -2.16. The minimum absolute atomic E-state index is 0.0299. The van der Waals surface area contributed by atoms with Crippen molar-refractivity contribution in [3.63, 3.8) is 0 Å². The molecule has 6 heteroatoms. The Morgan fingerprint density at radius 1 is 1.00 bits per heavy atom. The molecule has 0 bridgehead atoms. The van der Waals surface area contributed by atoms with Crippen molar-refractivity contribution in [3.05, 3.63) is 77.5 Å². The summed E-state index contributed by atoms with van der Waals surface area (Å²) < 4.78 is 46.3. The first-order chi connectivity index (χ1) is 12.9. The minimum atomic E-state index is -4.53. The van der Waals surface area contributed by atoms with Gasteiger partial charge in [-0.1, -0.05) is 24.3 Å². The molecule has 0 aliphatic carbocycles. The van der Waals surface area contributed by atoms with Crippen molar-refractivity contribution in [2.24, 2.45) is 0 Å². The summed E-state index contributed by atoms with van der Waals surface area (Å²) in [5.74, 6) is -0.204. The molecule has 27 heavy (non-hydrogen) atoms. The van der Waals surface area contributed by atoms with Gasteiger partial charge in [0.05, 0.1) is 11.3 Å². The molecule has 0 amide bonds. The van der Waals surface area contributed by atoms with Gasteiger partial charge in [0, 0.05) is 29.6 Å². The van der Waals surface area contributed by atoms with Crippen LogP contribution in [0.4, 0.5) is 18.9 Å². The van der Waals surface area contributed by atoms with Crippen LogP contribution in [0.25, 0.3) is 11.3 Å². The van der Waals surface area contributed by atoms with E-state index in [1.54, 1.807) is 38.2 Å². The maximum absolute atomic E-state index is 13.6. The van der Waals surface area contributed by atoms with E-state index in [0.717, 1.165) is 23.0 Å². The van der Waals surface area contributed by atoms with Crippen LogP contribution in [-0.2, 0) is 12.8 Å². The summed E-state index contributed by atoms with van der Waals surface area (Å²) in [6.07, 6.45) is -4.53. The molecule has 1 heterocycles. The monoisotopic (exact) mass is 372 g/mol. The summed E-state index contributed by atoms with van der Waals surface area (Å²) in [5, 5.41) is 3.00. The predicted octanol–water partition coefficient (Wildman–Crippen LogP) is 5.70. The van der Waals surface area contributed by atoms with Crippen molar-refractivity contribution < 1.29 is 17.9 Å². The summed E-state index contributed by atoms with van der Waals surface area (Å²) in [7, 11) is 1.75. The number of nitrogens with zero attached hydrogens (tertiary/aromatic N) is 1. The number of aryl methyl sites for hydroxylation is 1. The van der Waals surface area contributed by atoms with Gasteiger partial charge in [-0.2, -0.15) is 13.2 Å². The Hall–Kier alpha value is -3.02. The topological polar surface area (TPSA) is 34.1 Å². The third-order valence-corrected chi connectivity index (χ3v) is 4.14. The molecule has 3 rings (SSSR count). The van der Waals surface area contributed by atoms with Gasteiger partial charge in [-0.25, -0.2) is 0 Å². The van der Waals surface area contributed by atoms with Gasteiger partial charge in [-0.3, -0.25) is 4.98 Å². The van der Waals surface area contributed by atoms with Gasteiger partial charge in [0.1, 0.15) is 12.4 Å². The van der Waals surface area contributed by atoms with Crippen LogP contribution in [0.2, 0.25) is 0 Å². The van der Waals surface area contributed by atoms with Crippen LogP contribution in [-0.4, -0.2) is 12.0 Å². The molecule has 140 valence electrons. The standard InChI is InChI=1S/C21H19F3N2O/c1-14-6-5-9-19(26-14)15-10-11-20(17(12-15)21(22,23)24)27-13-16-7-3-4-8-18(16)25-2/h3-12,25H,13H2,1-2H3. The van der Waals surface area contributed by atoms with Gasteiger partial charge in [-0.15, -0.1) is 0 Å². The highest BCUT2D eigenvalue weighted by Crippen LogP contribution is 2.39. The molecule has 3 aromatic rings. The van der Waals surface area contributed by atoms with Crippen LogP contribution >= 0.6 is 0 Å². The first kappa shape index (κ1) is 18.8. The molecule has 3 nitrogen and oxygen atoms in total. The lowest BCUT2D eigenvalue weighted by atomic mass is 10.1. The highest BCUT2D eigenvalue weighted by Gasteiger charge is 2.35. The van der Waals surface area contributed by atoms with E-state index in [-0.39, 0.29) is 12.4 Å². The number of aromatic nitrogens is 1. The van der Waals surface area contributed by atoms with E-state index >= 15 is 0 Å². The van der Waals surface area contributed by atoms with E-state index in [2.05, 4.69) is 10.3 Å². The zero-order valence-corrected chi connectivity index (χ0v) is 15.0. The molecular weight excluding hydrogens is 353 g/mol. The van der Waals surface area contributed by atoms with Crippen LogP contribution in [0.1, 0.15) is 16.8 Å². The molecule has 0 fully saturated rings. The van der Waals surface area contributed by atoms with Crippen LogP contribution in [0.3, 0.4) is 0 Å². The fourth-order valence-electron chi connectivity index (χ4n) is 2.79. The summed E-state index contributed by atoms with van der Waals surface area (Å²) in [5.41, 5.74) is 2.40. The highest BCUT2D eigenvalue weighted by molar-refractivity contribution is 5.62.